The molecule has 0 rings (SSSR count). The number of hydrogen-bond donors (Lipinski definition) is 0. The lowest BCUT2D eigenvalue weighted by molar-refractivity contribution is 0.881. The summed E-state index contributed by atoms with van der Waals surface area (Å²) in [6.07, 6.45) is 17.6. The second-order valence-electron chi connectivity index (χ2n) is 6.22. The number of hydrogen-bond acceptors (Lipinski definition) is 0. The molecular formula is C21H33Cl. The standard InChI is InChI=1S/C21H33Cl/c1-6-9-20(11-7-10-18(2)3)12-8-13-21(16-17-22)15-14-19(4)5/h6,10,12,14,16H,1,7-9,11,13,15,17H2,2-5H3/b20-12+,21-16-. The summed E-state index contributed by atoms with van der Waals surface area (Å²) in [5.74, 6) is 0.607. The zero-order valence-corrected chi connectivity index (χ0v) is 15.7. The molecule has 124 valence electrons. The molecule has 0 N–H and O–H groups in total. The lowest BCUT2D eigenvalue weighted by atomic mass is 10.0. The van der Waals surface area contributed by atoms with E-state index in [1.807, 2.05) is 6.08 Å². The molecule has 0 fully saturated rings. The van der Waals surface area contributed by atoms with E-state index in [2.05, 4.69) is 58.6 Å². The van der Waals surface area contributed by atoms with Gasteiger partial charge in [-0.2, -0.15) is 0 Å². The van der Waals surface area contributed by atoms with E-state index in [-0.39, 0.29) is 0 Å². The summed E-state index contributed by atoms with van der Waals surface area (Å²) in [5.41, 5.74) is 5.70. The van der Waals surface area contributed by atoms with Crippen LogP contribution in [0.5, 0.6) is 0 Å². The van der Waals surface area contributed by atoms with E-state index in [1.165, 1.54) is 22.3 Å². The molecule has 0 aliphatic carbocycles. The van der Waals surface area contributed by atoms with Crippen LogP contribution >= 0.6 is 11.6 Å². The van der Waals surface area contributed by atoms with Crippen LogP contribution < -0.4 is 0 Å². The van der Waals surface area contributed by atoms with Gasteiger partial charge in [-0.15, -0.1) is 18.2 Å². The lowest BCUT2D eigenvalue weighted by Gasteiger charge is -2.06. The summed E-state index contributed by atoms with van der Waals surface area (Å²) >= 11 is 5.87. The van der Waals surface area contributed by atoms with Gasteiger partial charge < -0.3 is 0 Å². The number of halogens is 1. The normalized spacial score (nSPS) is 12.0. The molecule has 0 unspecified atom stereocenters. The second-order valence-corrected chi connectivity index (χ2v) is 6.52. The van der Waals surface area contributed by atoms with Crippen molar-refractivity contribution >= 4 is 11.6 Å². The Morgan fingerprint density at radius 2 is 1.32 bits per heavy atom. The fourth-order valence-electron chi connectivity index (χ4n) is 2.21. The monoisotopic (exact) mass is 320 g/mol. The molecule has 0 amide bonds. The van der Waals surface area contributed by atoms with Crippen LogP contribution in [0.2, 0.25) is 0 Å². The average Bonchev–Trinajstić information content (AvgIpc) is 2.44. The molecule has 22 heavy (non-hydrogen) atoms. The fraction of sp³-hybridized carbons (Fsp3) is 0.524. The highest BCUT2D eigenvalue weighted by atomic mass is 35.5. The zero-order chi connectivity index (χ0) is 16.8. The van der Waals surface area contributed by atoms with Crippen LogP contribution in [0.1, 0.15) is 66.2 Å². The third kappa shape index (κ3) is 12.7. The highest BCUT2D eigenvalue weighted by Crippen LogP contribution is 2.17. The molecule has 0 spiro atoms. The second kappa shape index (κ2) is 13.6. The van der Waals surface area contributed by atoms with Crippen molar-refractivity contribution in [2.45, 2.75) is 66.2 Å². The predicted octanol–water partition coefficient (Wildman–Crippen LogP) is 7.54. The summed E-state index contributed by atoms with van der Waals surface area (Å²) in [6, 6.07) is 0. The van der Waals surface area contributed by atoms with Gasteiger partial charge in [-0.3, -0.25) is 0 Å². The van der Waals surface area contributed by atoms with E-state index >= 15 is 0 Å². The maximum atomic E-state index is 5.87. The van der Waals surface area contributed by atoms with E-state index < -0.39 is 0 Å². The van der Waals surface area contributed by atoms with Crippen LogP contribution in [-0.2, 0) is 0 Å². The highest BCUT2D eigenvalue weighted by molar-refractivity contribution is 6.18. The van der Waals surface area contributed by atoms with Crippen molar-refractivity contribution in [2.75, 3.05) is 5.88 Å². The quantitative estimate of drug-likeness (QED) is 0.272. The van der Waals surface area contributed by atoms with E-state index in [9.17, 15) is 0 Å². The molecule has 0 aromatic rings. The van der Waals surface area contributed by atoms with Gasteiger partial charge in [0, 0.05) is 5.88 Å². The van der Waals surface area contributed by atoms with Crippen LogP contribution in [0, 0.1) is 0 Å². The molecule has 0 saturated carbocycles. The smallest absolute Gasteiger partial charge is 0.0406 e. The molecule has 0 atom stereocenters. The Kier molecular flexibility index (Phi) is 13.0. The largest absolute Gasteiger partial charge is 0.122 e. The molecule has 0 heterocycles. The van der Waals surface area contributed by atoms with Crippen molar-refractivity contribution in [1.82, 2.24) is 0 Å². The molecular weight excluding hydrogens is 288 g/mol. The maximum absolute atomic E-state index is 5.87. The van der Waals surface area contributed by atoms with E-state index in [0.717, 1.165) is 38.5 Å². The first-order valence-electron chi connectivity index (χ1n) is 8.29. The number of alkyl halides is 1. The molecule has 0 aromatic heterocycles. The van der Waals surface area contributed by atoms with Gasteiger partial charge in [-0.05, 0) is 66.2 Å². The van der Waals surface area contributed by atoms with Crippen molar-refractivity contribution in [3.63, 3.8) is 0 Å². The summed E-state index contributed by atoms with van der Waals surface area (Å²) in [5, 5.41) is 0. The van der Waals surface area contributed by atoms with Crippen molar-refractivity contribution in [2.24, 2.45) is 0 Å². The highest BCUT2D eigenvalue weighted by Gasteiger charge is 1.98. The summed E-state index contributed by atoms with van der Waals surface area (Å²) in [4.78, 5) is 0. The molecule has 0 bridgehead atoms. The van der Waals surface area contributed by atoms with Crippen LogP contribution in [0.15, 0.2) is 59.3 Å². The Labute approximate surface area is 143 Å². The van der Waals surface area contributed by atoms with Gasteiger partial charge in [0.05, 0.1) is 0 Å². The molecule has 0 aromatic carbocycles. The third-order valence-electron chi connectivity index (χ3n) is 3.46. The first-order chi connectivity index (χ1) is 10.5. The van der Waals surface area contributed by atoms with E-state index in [1.54, 1.807) is 0 Å². The Morgan fingerprint density at radius 3 is 1.82 bits per heavy atom. The van der Waals surface area contributed by atoms with Gasteiger partial charge in [-0.25, -0.2) is 0 Å². The summed E-state index contributed by atoms with van der Waals surface area (Å²) in [7, 11) is 0. The SMILES string of the molecule is C=CC/C(=C\CC/C(=C/CCl)CC=C(C)C)CCC=C(C)C. The Morgan fingerprint density at radius 1 is 0.773 bits per heavy atom. The van der Waals surface area contributed by atoms with Gasteiger partial charge in [0.2, 0.25) is 0 Å². The minimum atomic E-state index is 0.607. The number of rotatable bonds is 11. The van der Waals surface area contributed by atoms with Crippen LogP contribution in [0.25, 0.3) is 0 Å². The van der Waals surface area contributed by atoms with Gasteiger partial charge >= 0.3 is 0 Å². The minimum absolute atomic E-state index is 0.607. The van der Waals surface area contributed by atoms with Gasteiger partial charge in [0.15, 0.2) is 0 Å². The summed E-state index contributed by atoms with van der Waals surface area (Å²) < 4.78 is 0. The van der Waals surface area contributed by atoms with Crippen molar-refractivity contribution in [3.05, 3.63) is 59.3 Å². The maximum Gasteiger partial charge on any atom is 0.0406 e. The van der Waals surface area contributed by atoms with E-state index in [4.69, 9.17) is 11.6 Å². The fourth-order valence-corrected chi connectivity index (χ4v) is 2.43. The Hall–Kier alpha value is -1.01. The van der Waals surface area contributed by atoms with Crippen molar-refractivity contribution in [3.8, 4) is 0 Å². The van der Waals surface area contributed by atoms with Gasteiger partial charge in [0.1, 0.15) is 0 Å². The van der Waals surface area contributed by atoms with E-state index in [0.29, 0.717) is 5.88 Å². The first-order valence-corrected chi connectivity index (χ1v) is 8.82. The van der Waals surface area contributed by atoms with Crippen LogP contribution in [0.4, 0.5) is 0 Å². The molecule has 0 nitrogen and oxygen atoms in total. The summed E-state index contributed by atoms with van der Waals surface area (Å²) in [6.45, 7) is 12.5. The average molecular weight is 321 g/mol. The van der Waals surface area contributed by atoms with Crippen LogP contribution in [-0.4, -0.2) is 5.88 Å². The molecule has 0 radical (unpaired) electrons. The van der Waals surface area contributed by atoms with Crippen LogP contribution in [0.3, 0.4) is 0 Å². The Balaban J connectivity index is 4.51. The molecule has 1 heteroatoms. The van der Waals surface area contributed by atoms with Gasteiger partial charge in [0.25, 0.3) is 0 Å². The molecule has 0 aliphatic heterocycles. The number of allylic oxidation sites excluding steroid dienone is 9. The lowest BCUT2D eigenvalue weighted by Crippen LogP contribution is -1.87. The molecule has 0 aliphatic rings. The zero-order valence-electron chi connectivity index (χ0n) is 14.9. The van der Waals surface area contributed by atoms with Gasteiger partial charge in [-0.1, -0.05) is 52.7 Å². The minimum Gasteiger partial charge on any atom is -0.122 e. The predicted molar refractivity (Wildman–Crippen MR) is 104 cm³/mol. The van der Waals surface area contributed by atoms with Crippen molar-refractivity contribution in [1.29, 1.82) is 0 Å². The third-order valence-corrected chi connectivity index (χ3v) is 3.62. The topological polar surface area (TPSA) is 0 Å². The Bertz CT molecular complexity index is 425. The van der Waals surface area contributed by atoms with Crippen molar-refractivity contribution < 1.29 is 0 Å². The molecule has 0 saturated heterocycles. The first kappa shape index (κ1) is 21.0.